The van der Waals surface area contributed by atoms with E-state index in [9.17, 15) is 0 Å². The molecule has 2 aliphatic rings. The van der Waals surface area contributed by atoms with E-state index in [1.165, 1.54) is 0 Å². The maximum atomic E-state index is 5.89. The summed E-state index contributed by atoms with van der Waals surface area (Å²) >= 11 is 0. The van der Waals surface area contributed by atoms with Crippen LogP contribution < -0.4 is 10.1 Å². The molecule has 7 nitrogen and oxygen atoms in total. The number of aromatic nitrogens is 1. The molecule has 0 aliphatic carbocycles. The van der Waals surface area contributed by atoms with E-state index in [4.69, 9.17) is 14.2 Å². The molecule has 2 unspecified atom stereocenters. The summed E-state index contributed by atoms with van der Waals surface area (Å²) in [5.74, 6) is 1.66. The second-order valence-corrected chi connectivity index (χ2v) is 5.92. The van der Waals surface area contributed by atoms with Crippen molar-refractivity contribution in [3.05, 3.63) is 24.5 Å². The lowest BCUT2D eigenvalue weighted by atomic mass is 10.1. The zero-order valence-electron chi connectivity index (χ0n) is 14.6. The van der Waals surface area contributed by atoms with Crippen LogP contribution in [0.25, 0.3) is 0 Å². The molecular formula is C17H27IN4O3. The van der Waals surface area contributed by atoms with Crippen molar-refractivity contribution in [3.63, 3.8) is 0 Å². The average Bonchev–Trinajstić information content (AvgIpc) is 3.18. The van der Waals surface area contributed by atoms with Crippen molar-refractivity contribution in [3.8, 4) is 5.75 Å². The molecule has 0 aromatic carbocycles. The Morgan fingerprint density at radius 3 is 3.00 bits per heavy atom. The predicted octanol–water partition coefficient (Wildman–Crippen LogP) is 1.53. The van der Waals surface area contributed by atoms with Gasteiger partial charge in [0, 0.05) is 32.9 Å². The number of rotatable bonds is 5. The third-order valence-electron chi connectivity index (χ3n) is 4.27. The number of nitrogens with zero attached hydrogens (tertiary/aromatic N) is 3. The summed E-state index contributed by atoms with van der Waals surface area (Å²) in [6.07, 6.45) is 6.01. The second-order valence-electron chi connectivity index (χ2n) is 5.92. The number of hydrogen-bond donors (Lipinski definition) is 1. The van der Waals surface area contributed by atoms with E-state index in [-0.39, 0.29) is 36.2 Å². The second kappa shape index (κ2) is 10.8. The molecule has 8 heteroatoms. The molecule has 2 aliphatic heterocycles. The van der Waals surface area contributed by atoms with E-state index in [1.54, 1.807) is 19.4 Å². The van der Waals surface area contributed by atoms with Gasteiger partial charge in [-0.15, -0.1) is 24.0 Å². The molecule has 25 heavy (non-hydrogen) atoms. The number of halogens is 1. The number of guanidine groups is 1. The number of nitrogens with one attached hydrogen (secondary N) is 1. The molecule has 1 aromatic heterocycles. The molecule has 2 atom stereocenters. The first kappa shape index (κ1) is 20.2. The quantitative estimate of drug-likeness (QED) is 0.310. The fourth-order valence-corrected chi connectivity index (χ4v) is 3.08. The van der Waals surface area contributed by atoms with Gasteiger partial charge in [-0.1, -0.05) is 0 Å². The van der Waals surface area contributed by atoms with Crippen LogP contribution in [-0.2, 0) is 9.47 Å². The van der Waals surface area contributed by atoms with Crippen molar-refractivity contribution >= 4 is 29.9 Å². The van der Waals surface area contributed by atoms with Gasteiger partial charge in [-0.25, -0.2) is 0 Å². The highest BCUT2D eigenvalue weighted by Crippen LogP contribution is 2.21. The topological polar surface area (TPSA) is 68.2 Å². The van der Waals surface area contributed by atoms with Crippen LogP contribution in [0.2, 0.25) is 0 Å². The molecule has 3 heterocycles. The fraction of sp³-hybridized carbons (Fsp3) is 0.647. The van der Waals surface area contributed by atoms with Crippen LogP contribution in [0.15, 0.2) is 29.5 Å². The predicted molar refractivity (Wildman–Crippen MR) is 107 cm³/mol. The Hall–Kier alpha value is -1.13. The lowest BCUT2D eigenvalue weighted by Crippen LogP contribution is -2.53. The van der Waals surface area contributed by atoms with Gasteiger partial charge in [-0.05, 0) is 25.0 Å². The Labute approximate surface area is 166 Å². The van der Waals surface area contributed by atoms with Crippen LogP contribution in [0.5, 0.6) is 5.75 Å². The molecule has 2 saturated heterocycles. The van der Waals surface area contributed by atoms with Gasteiger partial charge in [-0.2, -0.15) is 0 Å². The monoisotopic (exact) mass is 462 g/mol. The van der Waals surface area contributed by atoms with E-state index >= 15 is 0 Å². The Morgan fingerprint density at radius 2 is 2.28 bits per heavy atom. The minimum atomic E-state index is 0. The molecule has 3 rings (SSSR count). The molecule has 0 amide bonds. The largest absolute Gasteiger partial charge is 0.490 e. The molecule has 1 N–H and O–H groups in total. The van der Waals surface area contributed by atoms with E-state index in [0.717, 1.165) is 44.2 Å². The van der Waals surface area contributed by atoms with Crippen LogP contribution in [-0.4, -0.2) is 74.6 Å². The summed E-state index contributed by atoms with van der Waals surface area (Å²) in [7, 11) is 1.81. The van der Waals surface area contributed by atoms with Crippen LogP contribution in [0.3, 0.4) is 0 Å². The Balaban J connectivity index is 0.00000225. The smallest absolute Gasteiger partial charge is 0.193 e. The Morgan fingerprint density at radius 1 is 1.40 bits per heavy atom. The van der Waals surface area contributed by atoms with Gasteiger partial charge in [0.05, 0.1) is 25.5 Å². The van der Waals surface area contributed by atoms with Gasteiger partial charge < -0.3 is 24.4 Å². The first-order valence-electron chi connectivity index (χ1n) is 8.58. The lowest BCUT2D eigenvalue weighted by Gasteiger charge is -2.37. The molecule has 2 fully saturated rings. The van der Waals surface area contributed by atoms with Crippen molar-refractivity contribution in [2.75, 3.05) is 46.5 Å². The van der Waals surface area contributed by atoms with Gasteiger partial charge in [0.2, 0.25) is 0 Å². The van der Waals surface area contributed by atoms with Crippen molar-refractivity contribution in [1.82, 2.24) is 15.2 Å². The maximum Gasteiger partial charge on any atom is 0.193 e. The highest BCUT2D eigenvalue weighted by molar-refractivity contribution is 14.0. The van der Waals surface area contributed by atoms with Crippen molar-refractivity contribution in [1.29, 1.82) is 0 Å². The van der Waals surface area contributed by atoms with Crippen LogP contribution in [0.1, 0.15) is 12.8 Å². The van der Waals surface area contributed by atoms with Crippen LogP contribution in [0.4, 0.5) is 0 Å². The molecule has 0 radical (unpaired) electrons. The highest BCUT2D eigenvalue weighted by atomic mass is 127. The van der Waals surface area contributed by atoms with E-state index < -0.39 is 0 Å². The standard InChI is InChI=1S/C17H26N4O3.HI/c1-18-17(20-7-10-22-14-4-2-6-19-12-14)21-8-11-24-16(13-21)15-5-3-9-23-15;/h2,4,6,12,15-16H,3,5,7-11,13H2,1H3,(H,18,20);1H. The first-order valence-corrected chi connectivity index (χ1v) is 8.58. The van der Waals surface area contributed by atoms with Gasteiger partial charge in [0.25, 0.3) is 0 Å². The summed E-state index contributed by atoms with van der Waals surface area (Å²) in [5, 5.41) is 3.35. The summed E-state index contributed by atoms with van der Waals surface area (Å²) in [4.78, 5) is 10.7. The zero-order valence-corrected chi connectivity index (χ0v) is 16.9. The molecular weight excluding hydrogens is 435 g/mol. The number of pyridine rings is 1. The van der Waals surface area contributed by atoms with E-state index in [1.807, 2.05) is 12.1 Å². The van der Waals surface area contributed by atoms with Crippen molar-refractivity contribution in [2.24, 2.45) is 4.99 Å². The number of hydrogen-bond acceptors (Lipinski definition) is 5. The minimum absolute atomic E-state index is 0. The normalized spacial score (nSPS) is 23.9. The first-order chi connectivity index (χ1) is 11.9. The average molecular weight is 462 g/mol. The van der Waals surface area contributed by atoms with Crippen molar-refractivity contribution < 1.29 is 14.2 Å². The van der Waals surface area contributed by atoms with Crippen LogP contribution >= 0.6 is 24.0 Å². The van der Waals surface area contributed by atoms with E-state index in [0.29, 0.717) is 19.8 Å². The van der Waals surface area contributed by atoms with Gasteiger partial charge >= 0.3 is 0 Å². The minimum Gasteiger partial charge on any atom is -0.490 e. The third kappa shape index (κ3) is 5.96. The van der Waals surface area contributed by atoms with E-state index in [2.05, 4.69) is 20.2 Å². The lowest BCUT2D eigenvalue weighted by molar-refractivity contribution is -0.0817. The third-order valence-corrected chi connectivity index (χ3v) is 4.27. The maximum absolute atomic E-state index is 5.89. The molecule has 140 valence electrons. The van der Waals surface area contributed by atoms with Gasteiger partial charge in [0.1, 0.15) is 18.5 Å². The zero-order chi connectivity index (χ0) is 16.6. The molecule has 0 saturated carbocycles. The Kier molecular flexibility index (Phi) is 8.70. The number of ether oxygens (including phenoxy) is 3. The number of aliphatic imine (C=N–C) groups is 1. The molecule has 0 bridgehead atoms. The van der Waals surface area contributed by atoms with Crippen LogP contribution in [0, 0.1) is 0 Å². The highest BCUT2D eigenvalue weighted by Gasteiger charge is 2.32. The SMILES string of the molecule is CN=C(NCCOc1cccnc1)N1CCOC(C2CCCO2)C1.I. The molecule has 1 aromatic rings. The Bertz CT molecular complexity index is 526. The fourth-order valence-electron chi connectivity index (χ4n) is 3.08. The number of morpholine rings is 1. The van der Waals surface area contributed by atoms with Gasteiger partial charge in [0.15, 0.2) is 5.96 Å². The summed E-state index contributed by atoms with van der Waals surface area (Å²) < 4.78 is 17.3. The summed E-state index contributed by atoms with van der Waals surface area (Å²) in [5.41, 5.74) is 0. The van der Waals surface area contributed by atoms with Crippen molar-refractivity contribution in [2.45, 2.75) is 25.0 Å². The summed E-state index contributed by atoms with van der Waals surface area (Å²) in [6, 6.07) is 3.76. The van der Waals surface area contributed by atoms with Gasteiger partial charge in [-0.3, -0.25) is 9.98 Å². The summed E-state index contributed by atoms with van der Waals surface area (Å²) in [6.45, 7) is 4.45. The molecule has 0 spiro atoms.